The maximum Gasteiger partial charge on any atom is 0.417 e. The van der Waals surface area contributed by atoms with E-state index in [-0.39, 0.29) is 12.6 Å². The second kappa shape index (κ2) is 6.75. The summed E-state index contributed by atoms with van der Waals surface area (Å²) >= 11 is 0. The molecule has 0 spiro atoms. The number of quaternary nitrogens is 1. The van der Waals surface area contributed by atoms with E-state index in [2.05, 4.69) is 5.73 Å². The molecule has 0 aliphatic carbocycles. The van der Waals surface area contributed by atoms with Crippen LogP contribution in [0, 0.1) is 6.92 Å². The number of imide groups is 1. The Morgan fingerprint density at radius 3 is 2.47 bits per heavy atom. The molecule has 0 saturated carbocycles. The Morgan fingerprint density at radius 2 is 1.95 bits per heavy atom. The van der Waals surface area contributed by atoms with E-state index in [4.69, 9.17) is 10.5 Å². The molecule has 1 aromatic carbocycles. The summed E-state index contributed by atoms with van der Waals surface area (Å²) in [6, 6.07) is 7.16. The Labute approximate surface area is 112 Å². The molecule has 0 fully saturated rings. The summed E-state index contributed by atoms with van der Waals surface area (Å²) in [6.07, 6.45) is -0.0570. The predicted octanol–water partition coefficient (Wildman–Crippen LogP) is 0.295. The summed E-state index contributed by atoms with van der Waals surface area (Å²) in [5.74, 6) is 0. The Hall–Kier alpha value is -2.08. The van der Waals surface area contributed by atoms with Gasteiger partial charge in [-0.25, -0.2) is 14.5 Å². The van der Waals surface area contributed by atoms with Crippen molar-refractivity contribution in [3.8, 4) is 0 Å². The molecule has 0 unspecified atom stereocenters. The minimum atomic E-state index is -0.843. The van der Waals surface area contributed by atoms with E-state index >= 15 is 0 Å². The fraction of sp³-hybridized carbons (Fsp3) is 0.385. The van der Waals surface area contributed by atoms with Crippen molar-refractivity contribution >= 4 is 12.1 Å². The number of carbonyl (C=O) groups excluding carboxylic acids is 2. The van der Waals surface area contributed by atoms with Crippen molar-refractivity contribution in [2.24, 2.45) is 5.73 Å². The van der Waals surface area contributed by atoms with Gasteiger partial charge >= 0.3 is 12.1 Å². The number of nitrogens with two attached hydrogens (primary N) is 1. The fourth-order valence-electron chi connectivity index (χ4n) is 1.49. The van der Waals surface area contributed by atoms with Crippen molar-refractivity contribution in [1.29, 1.82) is 0 Å². The summed E-state index contributed by atoms with van der Waals surface area (Å²) in [5.41, 5.74) is 11.2. The van der Waals surface area contributed by atoms with E-state index < -0.39 is 12.1 Å². The zero-order chi connectivity index (χ0) is 14.4. The van der Waals surface area contributed by atoms with Crippen molar-refractivity contribution in [1.82, 2.24) is 4.90 Å². The van der Waals surface area contributed by atoms with Crippen molar-refractivity contribution in [3.05, 3.63) is 35.4 Å². The van der Waals surface area contributed by atoms with Crippen LogP contribution in [0.2, 0.25) is 0 Å². The van der Waals surface area contributed by atoms with Crippen LogP contribution in [0.25, 0.3) is 0 Å². The van der Waals surface area contributed by atoms with Gasteiger partial charge in [-0.2, -0.15) is 0 Å². The number of rotatable bonds is 4. The highest BCUT2D eigenvalue weighted by atomic mass is 16.6. The number of carbonyl (C=O) groups is 2. The lowest BCUT2D eigenvalue weighted by molar-refractivity contribution is -0.424. The molecule has 0 bridgehead atoms. The summed E-state index contributed by atoms with van der Waals surface area (Å²) < 4.78 is 4.95. The number of aryl methyl sites for hydroxylation is 1. The molecule has 19 heavy (non-hydrogen) atoms. The largest absolute Gasteiger partial charge is 0.443 e. The Balaban J connectivity index is 2.39. The van der Waals surface area contributed by atoms with Crippen LogP contribution in [0.5, 0.6) is 0 Å². The van der Waals surface area contributed by atoms with Crippen LogP contribution >= 0.6 is 0 Å². The van der Waals surface area contributed by atoms with E-state index in [0.29, 0.717) is 6.42 Å². The quantitative estimate of drug-likeness (QED) is 0.819. The van der Waals surface area contributed by atoms with Gasteiger partial charge in [0.15, 0.2) is 0 Å². The van der Waals surface area contributed by atoms with Crippen LogP contribution in [0.1, 0.15) is 11.1 Å². The first-order valence-electron chi connectivity index (χ1n) is 5.98. The average molecular weight is 266 g/mol. The number of hydrogen-bond donors (Lipinski definition) is 2. The lowest BCUT2D eigenvalue weighted by Gasteiger charge is -2.14. The zero-order valence-electron chi connectivity index (χ0n) is 11.3. The van der Waals surface area contributed by atoms with Gasteiger partial charge in [-0.1, -0.05) is 29.8 Å². The van der Waals surface area contributed by atoms with Crippen molar-refractivity contribution in [2.75, 3.05) is 13.7 Å². The third-order valence-corrected chi connectivity index (χ3v) is 2.69. The molecule has 0 radical (unpaired) electrons. The monoisotopic (exact) mass is 266 g/mol. The second-order valence-corrected chi connectivity index (χ2v) is 4.53. The highest BCUT2D eigenvalue weighted by Gasteiger charge is 2.17. The molecular formula is C13H20N3O3+. The number of primary amides is 1. The van der Waals surface area contributed by atoms with Gasteiger partial charge in [-0.15, -0.1) is 0 Å². The maximum atomic E-state index is 11.4. The number of benzene rings is 1. The second-order valence-electron chi connectivity index (χ2n) is 4.53. The first kappa shape index (κ1) is 15.0. The summed E-state index contributed by atoms with van der Waals surface area (Å²) in [7, 11) is 1.27. The molecule has 0 aliphatic rings. The van der Waals surface area contributed by atoms with E-state index in [9.17, 15) is 9.59 Å². The number of hydrogen-bond acceptors (Lipinski definition) is 3. The van der Waals surface area contributed by atoms with Crippen LogP contribution in [-0.4, -0.2) is 36.7 Å². The third kappa shape index (κ3) is 4.97. The number of ether oxygens (including phenoxy) is 1. The van der Waals surface area contributed by atoms with Crippen molar-refractivity contribution in [2.45, 2.75) is 19.4 Å². The SMILES string of the molecule is Cc1ccc(C[C@@H]([NH3+])COC(=O)N(C)C(N)=O)cc1. The van der Waals surface area contributed by atoms with Crippen LogP contribution < -0.4 is 11.5 Å². The lowest BCUT2D eigenvalue weighted by Crippen LogP contribution is -2.64. The molecule has 5 N–H and O–H groups in total. The molecule has 1 rings (SSSR count). The lowest BCUT2D eigenvalue weighted by atomic mass is 10.1. The average Bonchev–Trinajstić information content (AvgIpc) is 2.37. The summed E-state index contributed by atoms with van der Waals surface area (Å²) in [6.45, 7) is 2.16. The van der Waals surface area contributed by atoms with Gasteiger partial charge in [0.25, 0.3) is 0 Å². The molecule has 0 heterocycles. The molecule has 0 aliphatic heterocycles. The highest BCUT2D eigenvalue weighted by Crippen LogP contribution is 2.05. The fourth-order valence-corrected chi connectivity index (χ4v) is 1.49. The molecule has 0 aromatic heterocycles. The first-order valence-corrected chi connectivity index (χ1v) is 5.98. The number of amides is 3. The topological polar surface area (TPSA) is 100 Å². The summed E-state index contributed by atoms with van der Waals surface area (Å²) in [5, 5.41) is 0. The Bertz CT molecular complexity index is 445. The molecule has 1 aromatic rings. The first-order chi connectivity index (χ1) is 8.90. The van der Waals surface area contributed by atoms with Crippen LogP contribution in [0.3, 0.4) is 0 Å². The van der Waals surface area contributed by atoms with Crippen LogP contribution in [-0.2, 0) is 11.2 Å². The smallest absolute Gasteiger partial charge is 0.417 e. The number of urea groups is 1. The molecule has 104 valence electrons. The van der Waals surface area contributed by atoms with Crippen molar-refractivity contribution < 1.29 is 20.1 Å². The number of nitrogens with zero attached hydrogens (tertiary/aromatic N) is 1. The normalized spacial score (nSPS) is 11.7. The summed E-state index contributed by atoms with van der Waals surface area (Å²) in [4.78, 5) is 22.8. The third-order valence-electron chi connectivity index (χ3n) is 2.69. The molecule has 1 atom stereocenters. The van der Waals surface area contributed by atoms with Gasteiger partial charge in [0.2, 0.25) is 0 Å². The van der Waals surface area contributed by atoms with E-state index in [0.717, 1.165) is 10.5 Å². The standard InChI is InChI=1S/C13H19N3O3/c1-9-3-5-10(6-4-9)7-11(14)8-19-13(18)16(2)12(15)17/h3-6,11H,7-8,14H2,1-2H3,(H2,15,17)/p+1/t11-/m1/s1. The van der Waals surface area contributed by atoms with E-state index in [1.54, 1.807) is 0 Å². The molecular weight excluding hydrogens is 246 g/mol. The minimum Gasteiger partial charge on any atom is -0.443 e. The van der Waals surface area contributed by atoms with Gasteiger partial charge < -0.3 is 16.2 Å². The molecule has 0 saturated heterocycles. The van der Waals surface area contributed by atoms with Crippen molar-refractivity contribution in [3.63, 3.8) is 0 Å². The van der Waals surface area contributed by atoms with E-state index in [1.165, 1.54) is 12.6 Å². The Morgan fingerprint density at radius 1 is 1.37 bits per heavy atom. The van der Waals surface area contributed by atoms with E-state index in [1.807, 2.05) is 31.2 Å². The van der Waals surface area contributed by atoms with Gasteiger partial charge in [-0.3, -0.25) is 0 Å². The Kier molecular flexibility index (Phi) is 5.32. The molecule has 3 amide bonds. The minimum absolute atomic E-state index is 0.0760. The predicted molar refractivity (Wildman–Crippen MR) is 70.3 cm³/mol. The van der Waals surface area contributed by atoms with Gasteiger partial charge in [0.05, 0.1) is 0 Å². The van der Waals surface area contributed by atoms with Gasteiger partial charge in [0, 0.05) is 13.5 Å². The van der Waals surface area contributed by atoms with Gasteiger partial charge in [0.1, 0.15) is 12.6 Å². The van der Waals surface area contributed by atoms with Crippen LogP contribution in [0.15, 0.2) is 24.3 Å². The van der Waals surface area contributed by atoms with Crippen LogP contribution in [0.4, 0.5) is 9.59 Å². The van der Waals surface area contributed by atoms with Gasteiger partial charge in [-0.05, 0) is 12.5 Å². The molecule has 6 heteroatoms. The molecule has 6 nitrogen and oxygen atoms in total. The maximum absolute atomic E-state index is 11.4. The highest BCUT2D eigenvalue weighted by molar-refractivity contribution is 5.89. The zero-order valence-corrected chi connectivity index (χ0v) is 11.3.